The van der Waals surface area contributed by atoms with E-state index in [0.29, 0.717) is 19.4 Å². The van der Waals surface area contributed by atoms with Gasteiger partial charge in [0, 0.05) is 26.4 Å². The van der Waals surface area contributed by atoms with Crippen molar-refractivity contribution in [1.29, 1.82) is 0 Å². The fraction of sp³-hybridized carbons (Fsp3) is 0.462. The Morgan fingerprint density at radius 2 is 2.00 bits per heavy atom. The first-order valence-corrected chi connectivity index (χ1v) is 7.21. The van der Waals surface area contributed by atoms with Crippen molar-refractivity contribution in [3.8, 4) is 0 Å². The van der Waals surface area contributed by atoms with Gasteiger partial charge in [0.15, 0.2) is 0 Å². The van der Waals surface area contributed by atoms with E-state index in [9.17, 15) is 14.4 Å². The Bertz CT molecular complexity index is 459. The third-order valence-electron chi connectivity index (χ3n) is 2.64. The molecular weight excluding hydrogens is 280 g/mol. The number of nitrogens with zero attached hydrogens (tertiary/aromatic N) is 1. The van der Waals surface area contributed by atoms with E-state index in [0.717, 1.165) is 5.56 Å². The van der Waals surface area contributed by atoms with Gasteiger partial charge in [0.2, 0.25) is 5.91 Å². The van der Waals surface area contributed by atoms with Crippen LogP contribution < -0.4 is 5.32 Å². The molecule has 0 saturated heterocycles. The minimum absolute atomic E-state index is 0.0410. The van der Waals surface area contributed by atoms with Gasteiger partial charge in [-0.25, -0.2) is 4.79 Å². The average Bonchev–Trinajstić information content (AvgIpc) is 2.87. The number of aliphatic carboxylic acids is 1. The molecule has 0 fully saturated rings. The quantitative estimate of drug-likeness (QED) is 0.754. The van der Waals surface area contributed by atoms with Crippen LogP contribution in [0.1, 0.15) is 31.2 Å². The molecule has 110 valence electrons. The Labute approximate surface area is 121 Å². The molecule has 0 unspecified atom stereocenters. The van der Waals surface area contributed by atoms with E-state index in [4.69, 9.17) is 5.11 Å². The number of hydrogen-bond donors (Lipinski definition) is 2. The number of carboxylic acid groups (broad SMARTS) is 1. The van der Waals surface area contributed by atoms with Crippen molar-refractivity contribution in [3.63, 3.8) is 0 Å². The first-order chi connectivity index (χ1) is 9.49. The number of carbonyl (C=O) groups is 3. The Hall–Kier alpha value is -1.89. The monoisotopic (exact) mass is 298 g/mol. The number of urea groups is 1. The highest BCUT2D eigenvalue weighted by Gasteiger charge is 2.12. The number of amides is 3. The molecule has 6 nitrogen and oxygen atoms in total. The van der Waals surface area contributed by atoms with Gasteiger partial charge in [-0.05, 0) is 35.2 Å². The standard InChI is InChI=1S/C13H18N2O4S/c1-15(8-10-6-7-20-9-10)13(19)14-11(16)4-2-3-5-12(17)18/h6-7,9H,2-5,8H2,1H3,(H,17,18)(H,14,16,19). The summed E-state index contributed by atoms with van der Waals surface area (Å²) in [5.41, 5.74) is 1.02. The van der Waals surface area contributed by atoms with Gasteiger partial charge < -0.3 is 10.0 Å². The van der Waals surface area contributed by atoms with Crippen LogP contribution in [0.2, 0.25) is 0 Å². The number of hydrogen-bond acceptors (Lipinski definition) is 4. The lowest BCUT2D eigenvalue weighted by molar-refractivity contribution is -0.137. The van der Waals surface area contributed by atoms with Crippen LogP contribution in [-0.2, 0) is 16.1 Å². The van der Waals surface area contributed by atoms with Crippen molar-refractivity contribution in [1.82, 2.24) is 10.2 Å². The van der Waals surface area contributed by atoms with Crippen LogP contribution in [0, 0.1) is 0 Å². The van der Waals surface area contributed by atoms with E-state index >= 15 is 0 Å². The molecule has 0 spiro atoms. The lowest BCUT2D eigenvalue weighted by atomic mass is 10.2. The highest BCUT2D eigenvalue weighted by Crippen LogP contribution is 2.08. The summed E-state index contributed by atoms with van der Waals surface area (Å²) in [6.45, 7) is 0.446. The predicted molar refractivity (Wildman–Crippen MR) is 75.4 cm³/mol. The summed E-state index contributed by atoms with van der Waals surface area (Å²) in [6, 6.07) is 1.47. The predicted octanol–water partition coefficient (Wildman–Crippen LogP) is 2.06. The summed E-state index contributed by atoms with van der Waals surface area (Å²) in [7, 11) is 1.62. The van der Waals surface area contributed by atoms with Gasteiger partial charge in [0.05, 0.1) is 0 Å². The molecule has 0 aliphatic carbocycles. The topological polar surface area (TPSA) is 86.7 Å². The zero-order chi connectivity index (χ0) is 15.0. The van der Waals surface area contributed by atoms with Gasteiger partial charge in [-0.1, -0.05) is 0 Å². The number of imide groups is 1. The molecule has 1 aromatic heterocycles. The van der Waals surface area contributed by atoms with Gasteiger partial charge in [0.25, 0.3) is 0 Å². The molecule has 2 N–H and O–H groups in total. The molecule has 0 aromatic carbocycles. The van der Waals surface area contributed by atoms with Gasteiger partial charge in [-0.3, -0.25) is 14.9 Å². The van der Waals surface area contributed by atoms with Crippen LogP contribution >= 0.6 is 11.3 Å². The highest BCUT2D eigenvalue weighted by atomic mass is 32.1. The lowest BCUT2D eigenvalue weighted by Crippen LogP contribution is -2.40. The van der Waals surface area contributed by atoms with E-state index in [1.807, 2.05) is 16.8 Å². The van der Waals surface area contributed by atoms with Crippen molar-refractivity contribution in [2.45, 2.75) is 32.2 Å². The molecule has 0 saturated carbocycles. The molecular formula is C13H18N2O4S. The molecule has 1 heterocycles. The van der Waals surface area contributed by atoms with Crippen molar-refractivity contribution in [3.05, 3.63) is 22.4 Å². The molecule has 0 radical (unpaired) electrons. The summed E-state index contributed by atoms with van der Waals surface area (Å²) in [5, 5.41) is 14.6. The second-order valence-corrected chi connectivity index (χ2v) is 5.22. The van der Waals surface area contributed by atoms with Crippen LogP contribution in [-0.4, -0.2) is 35.0 Å². The van der Waals surface area contributed by atoms with E-state index in [2.05, 4.69) is 5.32 Å². The minimum atomic E-state index is -0.878. The summed E-state index contributed by atoms with van der Waals surface area (Å²) in [4.78, 5) is 35.0. The second kappa shape index (κ2) is 8.31. The molecule has 7 heteroatoms. The summed E-state index contributed by atoms with van der Waals surface area (Å²) >= 11 is 1.55. The molecule has 3 amide bonds. The summed E-state index contributed by atoms with van der Waals surface area (Å²) in [5.74, 6) is -1.26. The van der Waals surface area contributed by atoms with Gasteiger partial charge in [-0.2, -0.15) is 11.3 Å². The van der Waals surface area contributed by atoms with Crippen molar-refractivity contribution >= 4 is 29.2 Å². The van der Waals surface area contributed by atoms with E-state index < -0.39 is 12.0 Å². The minimum Gasteiger partial charge on any atom is -0.481 e. The fourth-order valence-electron chi connectivity index (χ4n) is 1.57. The molecule has 1 aromatic rings. The van der Waals surface area contributed by atoms with Crippen molar-refractivity contribution in [2.75, 3.05) is 7.05 Å². The number of unbranched alkanes of at least 4 members (excludes halogenated alkanes) is 1. The molecule has 0 aliphatic heterocycles. The molecule has 0 atom stereocenters. The van der Waals surface area contributed by atoms with Crippen LogP contribution in [0.5, 0.6) is 0 Å². The van der Waals surface area contributed by atoms with E-state index in [1.165, 1.54) is 4.90 Å². The molecule has 0 aliphatic rings. The summed E-state index contributed by atoms with van der Waals surface area (Å²) < 4.78 is 0. The van der Waals surface area contributed by atoms with Crippen LogP contribution in [0.4, 0.5) is 4.79 Å². The van der Waals surface area contributed by atoms with Crippen molar-refractivity contribution < 1.29 is 19.5 Å². The van der Waals surface area contributed by atoms with E-state index in [1.54, 1.807) is 18.4 Å². The number of thiophene rings is 1. The smallest absolute Gasteiger partial charge is 0.324 e. The first kappa shape index (κ1) is 16.2. The van der Waals surface area contributed by atoms with E-state index in [-0.39, 0.29) is 18.7 Å². The zero-order valence-corrected chi connectivity index (χ0v) is 12.1. The van der Waals surface area contributed by atoms with Gasteiger partial charge in [0.1, 0.15) is 0 Å². The molecule has 1 rings (SSSR count). The van der Waals surface area contributed by atoms with Gasteiger partial charge in [-0.15, -0.1) is 0 Å². The second-order valence-electron chi connectivity index (χ2n) is 4.44. The number of nitrogens with one attached hydrogen (secondary N) is 1. The maximum Gasteiger partial charge on any atom is 0.324 e. The normalized spacial score (nSPS) is 10.1. The number of carbonyl (C=O) groups excluding carboxylic acids is 2. The molecule has 20 heavy (non-hydrogen) atoms. The molecule has 0 bridgehead atoms. The Kier molecular flexibility index (Phi) is 6.72. The zero-order valence-electron chi connectivity index (χ0n) is 11.3. The van der Waals surface area contributed by atoms with Crippen LogP contribution in [0.15, 0.2) is 16.8 Å². The number of rotatable bonds is 7. The maximum absolute atomic E-state index is 11.7. The first-order valence-electron chi connectivity index (χ1n) is 6.27. The highest BCUT2D eigenvalue weighted by molar-refractivity contribution is 7.07. The van der Waals surface area contributed by atoms with Crippen LogP contribution in [0.3, 0.4) is 0 Å². The third-order valence-corrected chi connectivity index (χ3v) is 3.37. The van der Waals surface area contributed by atoms with Crippen molar-refractivity contribution in [2.24, 2.45) is 0 Å². The lowest BCUT2D eigenvalue weighted by Gasteiger charge is -2.16. The Morgan fingerprint density at radius 1 is 1.30 bits per heavy atom. The Balaban J connectivity index is 2.23. The Morgan fingerprint density at radius 3 is 2.60 bits per heavy atom. The largest absolute Gasteiger partial charge is 0.481 e. The summed E-state index contributed by atoms with van der Waals surface area (Å²) in [6.07, 6.45) is 1.09. The van der Waals surface area contributed by atoms with Crippen LogP contribution in [0.25, 0.3) is 0 Å². The third kappa shape index (κ3) is 6.33. The maximum atomic E-state index is 11.7. The average molecular weight is 298 g/mol. The number of carboxylic acids is 1. The van der Waals surface area contributed by atoms with Gasteiger partial charge >= 0.3 is 12.0 Å². The SMILES string of the molecule is CN(Cc1ccsc1)C(=O)NC(=O)CCCCC(=O)O. The fourth-order valence-corrected chi connectivity index (χ4v) is 2.23.